The maximum absolute atomic E-state index is 12.3. The third-order valence-corrected chi connectivity index (χ3v) is 7.56. The van der Waals surface area contributed by atoms with Crippen molar-refractivity contribution in [1.29, 1.82) is 0 Å². The number of aryl methyl sites for hydroxylation is 1. The number of aromatic nitrogens is 2. The van der Waals surface area contributed by atoms with Crippen molar-refractivity contribution in [2.24, 2.45) is 5.92 Å². The van der Waals surface area contributed by atoms with Crippen LogP contribution in [0.2, 0.25) is 5.02 Å². The molecule has 4 heterocycles. The van der Waals surface area contributed by atoms with Gasteiger partial charge in [0.2, 0.25) is 5.91 Å². The minimum absolute atomic E-state index is 0.0879. The van der Waals surface area contributed by atoms with E-state index in [4.69, 9.17) is 28.2 Å². The third-order valence-electron chi connectivity index (χ3n) is 6.94. The Kier molecular flexibility index (Phi) is 7.27. The van der Waals surface area contributed by atoms with Crippen LogP contribution in [0.5, 0.6) is 0 Å². The molecule has 1 aliphatic heterocycles. The number of nitrogens with zero attached hydrogens (tertiary/aromatic N) is 3. The molecule has 7 nitrogen and oxygen atoms in total. The van der Waals surface area contributed by atoms with Gasteiger partial charge in [-0.15, -0.1) is 0 Å². The molecule has 5 rings (SSSR count). The summed E-state index contributed by atoms with van der Waals surface area (Å²) < 4.78 is 7.88. The first kappa shape index (κ1) is 26.0. The van der Waals surface area contributed by atoms with Gasteiger partial charge >= 0.3 is 0 Å². The van der Waals surface area contributed by atoms with E-state index in [9.17, 15) is 4.79 Å². The predicted octanol–water partition coefficient (Wildman–Crippen LogP) is 6.57. The molecule has 196 valence electrons. The number of rotatable bonds is 7. The predicted molar refractivity (Wildman–Crippen MR) is 155 cm³/mol. The zero-order chi connectivity index (χ0) is 27.0. The van der Waals surface area contributed by atoms with Crippen molar-refractivity contribution in [1.82, 2.24) is 14.9 Å². The van der Waals surface area contributed by atoms with E-state index < -0.39 is 0 Å². The fourth-order valence-electron chi connectivity index (χ4n) is 4.91. The smallest absolute Gasteiger partial charge is 0.226 e. The molecule has 3 aromatic heterocycles. The molecule has 0 spiro atoms. The van der Waals surface area contributed by atoms with Crippen LogP contribution >= 0.6 is 23.8 Å². The quantitative estimate of drug-likeness (QED) is 0.255. The summed E-state index contributed by atoms with van der Waals surface area (Å²) in [5, 5.41) is 7.43. The molecule has 9 heteroatoms. The maximum Gasteiger partial charge on any atom is 0.226 e. The van der Waals surface area contributed by atoms with Crippen LogP contribution in [0.25, 0.3) is 0 Å². The Balaban J connectivity index is 1.58. The van der Waals surface area contributed by atoms with Crippen molar-refractivity contribution in [2.75, 3.05) is 10.2 Å². The molecule has 2 atom stereocenters. The highest BCUT2D eigenvalue weighted by Gasteiger charge is 2.42. The first-order valence-electron chi connectivity index (χ1n) is 12.5. The SMILES string of the molecule is Cc1cc(C2C(c3ccccn3)NC(=S)N2c2ccc(NC(=O)C(C)C)c(Cl)c2)c(C)n1Cc1ccco1. The van der Waals surface area contributed by atoms with Crippen LogP contribution in [-0.4, -0.2) is 20.6 Å². The van der Waals surface area contributed by atoms with Gasteiger partial charge in [0.1, 0.15) is 5.76 Å². The van der Waals surface area contributed by atoms with Crippen LogP contribution in [0.3, 0.4) is 0 Å². The van der Waals surface area contributed by atoms with Gasteiger partial charge in [-0.05, 0) is 80.2 Å². The fraction of sp³-hybridized carbons (Fsp3) is 0.276. The summed E-state index contributed by atoms with van der Waals surface area (Å²) >= 11 is 12.5. The normalized spacial score (nSPS) is 17.2. The molecule has 0 bridgehead atoms. The van der Waals surface area contributed by atoms with Crippen molar-refractivity contribution in [2.45, 2.75) is 46.3 Å². The zero-order valence-corrected chi connectivity index (χ0v) is 23.3. The molecule has 0 aliphatic carbocycles. The lowest BCUT2D eigenvalue weighted by molar-refractivity contribution is -0.118. The van der Waals surface area contributed by atoms with Gasteiger partial charge in [-0.2, -0.15) is 0 Å². The summed E-state index contributed by atoms with van der Waals surface area (Å²) in [5.41, 5.74) is 5.66. The summed E-state index contributed by atoms with van der Waals surface area (Å²) in [4.78, 5) is 19.0. The Morgan fingerprint density at radius 3 is 2.66 bits per heavy atom. The molecule has 1 aliphatic rings. The molecule has 1 fully saturated rings. The summed E-state index contributed by atoms with van der Waals surface area (Å²) in [6.07, 6.45) is 3.49. The lowest BCUT2D eigenvalue weighted by Gasteiger charge is -2.28. The Bertz CT molecular complexity index is 1470. The molecule has 38 heavy (non-hydrogen) atoms. The number of thiocarbonyl (C=S) groups is 1. The number of pyridine rings is 1. The van der Waals surface area contributed by atoms with E-state index in [0.29, 0.717) is 22.4 Å². The lowest BCUT2D eigenvalue weighted by Crippen LogP contribution is -2.29. The standard InChI is InChI=1S/C29H30ClN5O2S/c1-17(2)28(36)32-24-11-10-20(15-23(24)30)35-27(26(33-29(35)38)25-9-5-6-12-31-25)22-14-18(3)34(19(22)4)16-21-8-7-13-37-21/h5-15,17,26-27H,16H2,1-4H3,(H,32,36)(H,33,38). The van der Waals surface area contributed by atoms with Gasteiger partial charge in [0.15, 0.2) is 5.11 Å². The summed E-state index contributed by atoms with van der Waals surface area (Å²) in [7, 11) is 0. The first-order valence-corrected chi connectivity index (χ1v) is 13.3. The van der Waals surface area contributed by atoms with Crippen molar-refractivity contribution in [3.8, 4) is 0 Å². The number of halogens is 1. The van der Waals surface area contributed by atoms with E-state index in [0.717, 1.165) is 34.1 Å². The Morgan fingerprint density at radius 2 is 2.00 bits per heavy atom. The second-order valence-electron chi connectivity index (χ2n) is 9.80. The Labute approximate surface area is 232 Å². The highest BCUT2D eigenvalue weighted by Crippen LogP contribution is 2.44. The van der Waals surface area contributed by atoms with Crippen LogP contribution in [0.4, 0.5) is 11.4 Å². The second-order valence-corrected chi connectivity index (χ2v) is 10.6. The lowest BCUT2D eigenvalue weighted by atomic mass is 9.96. The monoisotopic (exact) mass is 547 g/mol. The molecule has 0 radical (unpaired) electrons. The van der Waals surface area contributed by atoms with Gasteiger partial charge in [0.25, 0.3) is 0 Å². The maximum atomic E-state index is 12.3. The second kappa shape index (κ2) is 10.6. The third kappa shape index (κ3) is 4.93. The van der Waals surface area contributed by atoms with E-state index in [1.165, 1.54) is 0 Å². The fourth-order valence-corrected chi connectivity index (χ4v) is 5.48. The Hall–Kier alpha value is -3.62. The molecule has 1 aromatic carbocycles. The van der Waals surface area contributed by atoms with Crippen LogP contribution in [0.15, 0.2) is 71.5 Å². The topological polar surface area (TPSA) is 75.3 Å². The summed E-state index contributed by atoms with van der Waals surface area (Å²) in [6, 6.07) is 17.2. The number of amides is 1. The van der Waals surface area contributed by atoms with Crippen molar-refractivity contribution in [3.05, 3.63) is 100 Å². The summed E-state index contributed by atoms with van der Waals surface area (Å²) in [6.45, 7) is 8.55. The largest absolute Gasteiger partial charge is 0.467 e. The first-order chi connectivity index (χ1) is 18.2. The van der Waals surface area contributed by atoms with E-state index in [1.807, 2.05) is 62.4 Å². The number of carbonyl (C=O) groups is 1. The molecular formula is C29H30ClN5O2S. The van der Waals surface area contributed by atoms with Crippen LogP contribution < -0.4 is 15.5 Å². The molecule has 2 N–H and O–H groups in total. The molecule has 1 saturated heterocycles. The molecule has 0 saturated carbocycles. The van der Waals surface area contributed by atoms with E-state index in [2.05, 4.69) is 45.0 Å². The highest BCUT2D eigenvalue weighted by molar-refractivity contribution is 7.80. The summed E-state index contributed by atoms with van der Waals surface area (Å²) in [5.74, 6) is 0.651. The average Bonchev–Trinajstić information content (AvgIpc) is 3.60. The number of nitrogens with one attached hydrogen (secondary N) is 2. The molecule has 2 unspecified atom stereocenters. The number of furan rings is 1. The van der Waals surface area contributed by atoms with Crippen LogP contribution in [-0.2, 0) is 11.3 Å². The van der Waals surface area contributed by atoms with Crippen molar-refractivity contribution < 1.29 is 9.21 Å². The van der Waals surface area contributed by atoms with Gasteiger partial charge in [-0.25, -0.2) is 0 Å². The average molecular weight is 548 g/mol. The van der Waals surface area contributed by atoms with Gasteiger partial charge < -0.3 is 24.5 Å². The molecule has 4 aromatic rings. The van der Waals surface area contributed by atoms with E-state index >= 15 is 0 Å². The number of hydrogen-bond donors (Lipinski definition) is 2. The van der Waals surface area contributed by atoms with Gasteiger partial charge in [-0.1, -0.05) is 31.5 Å². The minimum atomic E-state index is -0.180. The van der Waals surface area contributed by atoms with E-state index in [1.54, 1.807) is 12.5 Å². The highest BCUT2D eigenvalue weighted by atomic mass is 35.5. The minimum Gasteiger partial charge on any atom is -0.467 e. The number of anilines is 2. The van der Waals surface area contributed by atoms with Crippen LogP contribution in [0.1, 0.15) is 54.3 Å². The van der Waals surface area contributed by atoms with Crippen molar-refractivity contribution in [3.63, 3.8) is 0 Å². The van der Waals surface area contributed by atoms with Gasteiger partial charge in [0, 0.05) is 29.2 Å². The number of hydrogen-bond acceptors (Lipinski definition) is 4. The van der Waals surface area contributed by atoms with E-state index in [-0.39, 0.29) is 23.9 Å². The Morgan fingerprint density at radius 1 is 1.18 bits per heavy atom. The van der Waals surface area contributed by atoms with Crippen molar-refractivity contribution >= 4 is 46.2 Å². The molecular weight excluding hydrogens is 518 g/mol. The van der Waals surface area contributed by atoms with Crippen LogP contribution in [0, 0.1) is 19.8 Å². The van der Waals surface area contributed by atoms with Gasteiger partial charge in [0.05, 0.1) is 41.3 Å². The molecule has 1 amide bonds. The number of carbonyl (C=O) groups excluding carboxylic acids is 1. The zero-order valence-electron chi connectivity index (χ0n) is 21.7. The van der Waals surface area contributed by atoms with Gasteiger partial charge in [-0.3, -0.25) is 9.78 Å². The number of benzene rings is 1.